The molecule has 2 N–H and O–H groups in total. The molecule has 0 fully saturated rings. The first-order chi connectivity index (χ1) is 18.9. The van der Waals surface area contributed by atoms with Crippen LogP contribution in [0.4, 0.5) is 0 Å². The van der Waals surface area contributed by atoms with Gasteiger partial charge >= 0.3 is 0 Å². The average molecular weight is 575 g/mol. The van der Waals surface area contributed by atoms with Gasteiger partial charge in [0.25, 0.3) is 0 Å². The zero-order chi connectivity index (χ0) is 28.6. The normalized spacial score (nSPS) is 17.5. The highest BCUT2D eigenvalue weighted by atomic mass is 32.2. The van der Waals surface area contributed by atoms with E-state index in [-0.39, 0.29) is 16.0 Å². The number of nitrogens with zero attached hydrogens (tertiary/aromatic N) is 2. The van der Waals surface area contributed by atoms with Gasteiger partial charge in [-0.3, -0.25) is 0 Å². The molecular weight excluding hydrogens is 537 g/mol. The topological polar surface area (TPSA) is 89.2 Å². The van der Waals surface area contributed by atoms with E-state index >= 15 is 0 Å². The summed E-state index contributed by atoms with van der Waals surface area (Å²) in [4.78, 5) is 0.227. The lowest BCUT2D eigenvalue weighted by molar-refractivity contribution is 0.0615. The highest BCUT2D eigenvalue weighted by Crippen LogP contribution is 2.41. The molecule has 1 unspecified atom stereocenters. The van der Waals surface area contributed by atoms with Gasteiger partial charge in [0.2, 0.25) is 5.88 Å². The molecule has 1 aliphatic rings. The van der Waals surface area contributed by atoms with Gasteiger partial charge in [-0.2, -0.15) is 5.10 Å². The van der Waals surface area contributed by atoms with Crippen molar-refractivity contribution in [1.29, 1.82) is 4.78 Å². The molecule has 5 rings (SSSR count). The van der Waals surface area contributed by atoms with E-state index in [9.17, 15) is 8.99 Å². The second kappa shape index (κ2) is 10.6. The molecule has 210 valence electrons. The number of benzene rings is 3. The third-order valence-electron chi connectivity index (χ3n) is 8.04. The third kappa shape index (κ3) is 5.26. The predicted molar refractivity (Wildman–Crippen MR) is 161 cm³/mol. The van der Waals surface area contributed by atoms with Gasteiger partial charge in [-0.25, -0.2) is 18.4 Å². The Kier molecular flexibility index (Phi) is 7.52. The standard InChI is InChI=1S/C31H38N4O3SSi/c1-30(2,3)40(4,5)38-27-22-35-29(37-23-27)28(21-33-35)39(32,36)34-31(24-15-9-6-10-16-24,25-17-11-7-12-18-25)26-19-13-8-14-20-26/h6-21,27H,22-23H2,1-5H3,(H2,32,34,36)/t27-,39?/m1/s1. The monoisotopic (exact) mass is 574 g/mol. The van der Waals surface area contributed by atoms with Crippen molar-refractivity contribution in [3.8, 4) is 5.88 Å². The fourth-order valence-electron chi connectivity index (χ4n) is 4.92. The zero-order valence-corrected chi connectivity index (χ0v) is 25.6. The Morgan fingerprint density at radius 2 is 1.40 bits per heavy atom. The lowest BCUT2D eigenvalue weighted by Crippen LogP contribution is -2.48. The van der Waals surface area contributed by atoms with Crippen LogP contribution in [0.5, 0.6) is 5.88 Å². The molecule has 3 aromatic carbocycles. The largest absolute Gasteiger partial charge is 0.474 e. The third-order valence-corrected chi connectivity index (χ3v) is 14.1. The lowest BCUT2D eigenvalue weighted by Gasteiger charge is -2.40. The Bertz CT molecular complexity index is 1450. The molecule has 2 heterocycles. The van der Waals surface area contributed by atoms with E-state index in [1.807, 2.05) is 91.0 Å². The first-order valence-electron chi connectivity index (χ1n) is 13.5. The molecule has 0 spiro atoms. The Morgan fingerprint density at radius 1 is 0.925 bits per heavy atom. The Balaban J connectivity index is 1.55. The van der Waals surface area contributed by atoms with Crippen molar-refractivity contribution in [2.75, 3.05) is 6.61 Å². The maximum atomic E-state index is 14.5. The van der Waals surface area contributed by atoms with Crippen molar-refractivity contribution in [3.05, 3.63) is 114 Å². The number of ether oxygens (including phenoxy) is 1. The SMILES string of the molecule is CC(C)(C)[Si](C)(C)O[C@H]1COc2c(S(=N)(=O)NC(c3ccccc3)(c3ccccc3)c3ccccc3)cnn2C1. The molecule has 4 aromatic rings. The van der Waals surface area contributed by atoms with Gasteiger partial charge in [0, 0.05) is 0 Å². The molecule has 0 radical (unpaired) electrons. The van der Waals surface area contributed by atoms with Crippen molar-refractivity contribution >= 4 is 18.2 Å². The lowest BCUT2D eigenvalue weighted by atomic mass is 9.78. The van der Waals surface area contributed by atoms with Crippen LogP contribution in [0, 0.1) is 4.78 Å². The fraction of sp³-hybridized carbons (Fsp3) is 0.323. The molecule has 1 aromatic heterocycles. The average Bonchev–Trinajstić information content (AvgIpc) is 3.37. The van der Waals surface area contributed by atoms with Gasteiger partial charge in [-0.15, -0.1) is 0 Å². The van der Waals surface area contributed by atoms with Crippen LogP contribution >= 0.6 is 0 Å². The molecule has 0 amide bonds. The van der Waals surface area contributed by atoms with Gasteiger partial charge in [-0.1, -0.05) is 112 Å². The van der Waals surface area contributed by atoms with Crippen molar-refractivity contribution in [2.24, 2.45) is 0 Å². The highest BCUT2D eigenvalue weighted by molar-refractivity contribution is 7.90. The summed E-state index contributed by atoms with van der Waals surface area (Å²) in [5.41, 5.74) is 1.55. The Labute approximate surface area is 238 Å². The van der Waals surface area contributed by atoms with Crippen molar-refractivity contribution in [3.63, 3.8) is 0 Å². The fourth-order valence-corrected chi connectivity index (χ4v) is 7.75. The van der Waals surface area contributed by atoms with Crippen molar-refractivity contribution in [1.82, 2.24) is 14.5 Å². The van der Waals surface area contributed by atoms with E-state index < -0.39 is 23.8 Å². The minimum atomic E-state index is -3.63. The molecule has 40 heavy (non-hydrogen) atoms. The number of aromatic nitrogens is 2. The van der Waals surface area contributed by atoms with E-state index in [0.29, 0.717) is 19.0 Å². The van der Waals surface area contributed by atoms with Crippen LogP contribution in [-0.4, -0.2) is 35.0 Å². The van der Waals surface area contributed by atoms with E-state index in [1.165, 1.54) is 6.20 Å². The summed E-state index contributed by atoms with van der Waals surface area (Å²) in [5.74, 6) is 0.352. The van der Waals surface area contributed by atoms with Crippen molar-refractivity contribution in [2.45, 2.75) is 62.0 Å². The van der Waals surface area contributed by atoms with Gasteiger partial charge in [-0.05, 0) is 34.8 Å². The summed E-state index contributed by atoms with van der Waals surface area (Å²) in [7, 11) is -5.64. The maximum absolute atomic E-state index is 14.5. The van der Waals surface area contributed by atoms with Crippen LogP contribution in [0.3, 0.4) is 0 Å². The number of nitrogens with one attached hydrogen (secondary N) is 2. The van der Waals surface area contributed by atoms with E-state index in [1.54, 1.807) is 4.68 Å². The molecule has 7 nitrogen and oxygen atoms in total. The molecular formula is C31H38N4O3SSi. The van der Waals surface area contributed by atoms with Gasteiger partial charge < -0.3 is 9.16 Å². The van der Waals surface area contributed by atoms with Crippen molar-refractivity contribution < 1.29 is 13.4 Å². The molecule has 0 saturated heterocycles. The summed E-state index contributed by atoms with van der Waals surface area (Å²) in [6.07, 6.45) is 1.34. The summed E-state index contributed by atoms with van der Waals surface area (Å²) in [6.45, 7) is 11.9. The summed E-state index contributed by atoms with van der Waals surface area (Å²) >= 11 is 0. The van der Waals surface area contributed by atoms with Gasteiger partial charge in [0.1, 0.15) is 27.0 Å². The smallest absolute Gasteiger partial charge is 0.230 e. The summed E-state index contributed by atoms with van der Waals surface area (Å²) in [6, 6.07) is 29.6. The van der Waals surface area contributed by atoms with Crippen LogP contribution in [0.2, 0.25) is 18.1 Å². The number of fused-ring (bicyclic) bond motifs is 1. The van der Waals surface area contributed by atoms with Crippen LogP contribution < -0.4 is 9.46 Å². The number of rotatable bonds is 8. The first-order valence-corrected chi connectivity index (χ1v) is 18.0. The summed E-state index contributed by atoms with van der Waals surface area (Å²) in [5, 5.41) is 4.57. The van der Waals surface area contributed by atoms with Gasteiger partial charge in [0.05, 0.1) is 18.8 Å². The van der Waals surface area contributed by atoms with Crippen LogP contribution in [-0.2, 0) is 26.4 Å². The number of hydrogen-bond donors (Lipinski definition) is 2. The predicted octanol–water partition coefficient (Wildman–Crippen LogP) is 6.57. The highest BCUT2D eigenvalue weighted by Gasteiger charge is 2.43. The maximum Gasteiger partial charge on any atom is 0.230 e. The molecule has 1 aliphatic heterocycles. The molecule has 0 bridgehead atoms. The molecule has 0 saturated carbocycles. The minimum Gasteiger partial charge on any atom is -0.474 e. The molecule has 2 atom stereocenters. The number of hydrogen-bond acceptors (Lipinski definition) is 5. The zero-order valence-electron chi connectivity index (χ0n) is 23.8. The van der Waals surface area contributed by atoms with Crippen LogP contribution in [0.1, 0.15) is 37.5 Å². The second-order valence-corrected chi connectivity index (χ2v) is 18.3. The van der Waals surface area contributed by atoms with E-state index in [4.69, 9.17) is 9.16 Å². The second-order valence-electron chi connectivity index (χ2n) is 11.8. The minimum absolute atomic E-state index is 0.0671. The molecule has 0 aliphatic carbocycles. The van der Waals surface area contributed by atoms with Crippen LogP contribution in [0.15, 0.2) is 102 Å². The van der Waals surface area contributed by atoms with Crippen LogP contribution in [0.25, 0.3) is 0 Å². The Morgan fingerprint density at radius 3 is 1.85 bits per heavy atom. The van der Waals surface area contributed by atoms with Gasteiger partial charge in [0.15, 0.2) is 8.32 Å². The summed E-state index contributed by atoms with van der Waals surface area (Å²) < 4.78 is 41.5. The Hall–Kier alpha value is -3.24. The van der Waals surface area contributed by atoms with E-state index in [2.05, 4.69) is 43.7 Å². The quantitative estimate of drug-likeness (QED) is 0.184. The first kappa shape index (κ1) is 28.3. The molecule has 9 heteroatoms. The van der Waals surface area contributed by atoms with E-state index in [0.717, 1.165) is 16.7 Å².